The Bertz CT molecular complexity index is 851. The van der Waals surface area contributed by atoms with Gasteiger partial charge in [-0.3, -0.25) is 10.1 Å². The van der Waals surface area contributed by atoms with Crippen LogP contribution in [0.2, 0.25) is 0 Å². The molecule has 1 aromatic carbocycles. The van der Waals surface area contributed by atoms with Crippen LogP contribution < -0.4 is 16.4 Å². The number of anilines is 2. The van der Waals surface area contributed by atoms with Crippen LogP contribution in [0.5, 0.6) is 0 Å². The lowest BCUT2D eigenvalue weighted by atomic mass is 10.0. The van der Waals surface area contributed by atoms with E-state index in [2.05, 4.69) is 27.5 Å². The summed E-state index contributed by atoms with van der Waals surface area (Å²) in [6.07, 6.45) is 3.99. The molecule has 1 aliphatic rings. The molecule has 0 spiro atoms. The van der Waals surface area contributed by atoms with Crippen molar-refractivity contribution in [2.75, 3.05) is 37.4 Å². The van der Waals surface area contributed by atoms with E-state index < -0.39 is 0 Å². The zero-order valence-electron chi connectivity index (χ0n) is 18.4. The van der Waals surface area contributed by atoms with Crippen LogP contribution in [-0.4, -0.2) is 48.5 Å². The number of hydrogen-bond donors (Lipinski definition) is 3. The summed E-state index contributed by atoms with van der Waals surface area (Å²) in [5.41, 5.74) is 9.81. The molecule has 0 saturated carbocycles. The van der Waals surface area contributed by atoms with Gasteiger partial charge in [0.05, 0.1) is 19.6 Å². The second kappa shape index (κ2) is 11.6. The Morgan fingerprint density at radius 3 is 2.74 bits per heavy atom. The van der Waals surface area contributed by atoms with Gasteiger partial charge in [-0.2, -0.15) is 4.98 Å². The Hall–Kier alpha value is -2.71. The first-order valence-electron chi connectivity index (χ1n) is 11.0. The van der Waals surface area contributed by atoms with Gasteiger partial charge >= 0.3 is 5.97 Å². The number of aryl methyl sites for hydroxylation is 1. The number of nitrogen functional groups attached to an aromatic ring is 1. The van der Waals surface area contributed by atoms with Gasteiger partial charge in [-0.1, -0.05) is 44.0 Å². The van der Waals surface area contributed by atoms with Crippen molar-refractivity contribution >= 4 is 17.7 Å². The quantitative estimate of drug-likeness (QED) is 0.392. The van der Waals surface area contributed by atoms with Crippen molar-refractivity contribution in [3.8, 4) is 0 Å². The van der Waals surface area contributed by atoms with Gasteiger partial charge in [0.2, 0.25) is 5.95 Å². The maximum atomic E-state index is 12.2. The predicted octanol–water partition coefficient (Wildman–Crippen LogP) is 2.59. The number of nitrogens with two attached hydrogens (primary N) is 1. The van der Waals surface area contributed by atoms with Crippen molar-refractivity contribution in [1.82, 2.24) is 15.3 Å². The number of nitrogens with one attached hydrogen (secondary N) is 2. The Morgan fingerprint density at radius 2 is 2.03 bits per heavy atom. The summed E-state index contributed by atoms with van der Waals surface area (Å²) in [7, 11) is 0. The standard InChI is InChI=1S/C23H33N5O3/c1-3-4-5-10-26-22-19(16(2)27-23(24)28-22)13-17-6-8-18(9-7-17)14-21(29)31-20-15-30-12-11-25-20/h6-9,20,25H,3-5,10-15H2,1-2H3,(H3,24,26,27,28). The number of esters is 1. The van der Waals surface area contributed by atoms with E-state index in [1.54, 1.807) is 0 Å². The van der Waals surface area contributed by atoms with Gasteiger partial charge in [-0.05, 0) is 24.5 Å². The van der Waals surface area contributed by atoms with Crippen molar-refractivity contribution < 1.29 is 14.3 Å². The number of rotatable bonds is 10. The van der Waals surface area contributed by atoms with E-state index >= 15 is 0 Å². The average molecular weight is 428 g/mol. The van der Waals surface area contributed by atoms with Crippen molar-refractivity contribution in [3.05, 3.63) is 46.6 Å². The molecule has 1 unspecified atom stereocenters. The smallest absolute Gasteiger partial charge is 0.311 e. The zero-order chi connectivity index (χ0) is 22.1. The van der Waals surface area contributed by atoms with Gasteiger partial charge in [0.15, 0.2) is 6.23 Å². The molecule has 0 radical (unpaired) electrons. The van der Waals surface area contributed by atoms with E-state index in [1.165, 1.54) is 12.8 Å². The molecule has 2 heterocycles. The SMILES string of the molecule is CCCCCNc1nc(N)nc(C)c1Cc1ccc(CC(=O)OC2COCCN2)cc1. The Morgan fingerprint density at radius 1 is 1.26 bits per heavy atom. The van der Waals surface area contributed by atoms with E-state index in [0.717, 1.165) is 41.2 Å². The highest BCUT2D eigenvalue weighted by Crippen LogP contribution is 2.22. The van der Waals surface area contributed by atoms with Gasteiger partial charge in [-0.25, -0.2) is 4.98 Å². The maximum absolute atomic E-state index is 12.2. The highest BCUT2D eigenvalue weighted by molar-refractivity contribution is 5.72. The number of aromatic nitrogens is 2. The number of morpholine rings is 1. The number of hydrogen-bond acceptors (Lipinski definition) is 8. The third-order valence-electron chi connectivity index (χ3n) is 5.22. The minimum atomic E-state index is -0.364. The number of benzene rings is 1. The van der Waals surface area contributed by atoms with Gasteiger partial charge in [0, 0.05) is 30.8 Å². The summed E-state index contributed by atoms with van der Waals surface area (Å²) in [6, 6.07) is 7.98. The molecule has 8 nitrogen and oxygen atoms in total. The fourth-order valence-electron chi connectivity index (χ4n) is 3.52. The summed E-state index contributed by atoms with van der Waals surface area (Å²) in [6.45, 7) is 6.72. The Labute approximate surface area is 183 Å². The fraction of sp³-hybridized carbons (Fsp3) is 0.522. The first kappa shape index (κ1) is 23.0. The van der Waals surface area contributed by atoms with Crippen LogP contribution in [0.1, 0.15) is 48.6 Å². The third-order valence-corrected chi connectivity index (χ3v) is 5.22. The van der Waals surface area contributed by atoms with Gasteiger partial charge in [0.25, 0.3) is 0 Å². The maximum Gasteiger partial charge on any atom is 0.311 e. The third kappa shape index (κ3) is 7.18. The van der Waals surface area contributed by atoms with Crippen LogP contribution in [0.3, 0.4) is 0 Å². The Kier molecular flexibility index (Phi) is 8.61. The number of carbonyl (C=O) groups is 1. The molecule has 0 amide bonds. The van der Waals surface area contributed by atoms with Crippen LogP contribution in [0, 0.1) is 6.92 Å². The molecule has 0 aliphatic carbocycles. The normalized spacial score (nSPS) is 16.1. The summed E-state index contributed by atoms with van der Waals surface area (Å²) in [4.78, 5) is 20.9. The van der Waals surface area contributed by atoms with Gasteiger partial charge < -0.3 is 20.5 Å². The summed E-state index contributed by atoms with van der Waals surface area (Å²) >= 11 is 0. The summed E-state index contributed by atoms with van der Waals surface area (Å²) < 4.78 is 10.7. The lowest BCUT2D eigenvalue weighted by Crippen LogP contribution is -2.44. The molecular weight excluding hydrogens is 394 g/mol. The number of unbranched alkanes of at least 4 members (excludes halogenated alkanes) is 2. The number of carbonyl (C=O) groups excluding carboxylic acids is 1. The van der Waals surface area contributed by atoms with E-state index in [0.29, 0.717) is 26.2 Å². The second-order valence-electron chi connectivity index (χ2n) is 7.81. The molecule has 1 aliphatic heterocycles. The van der Waals surface area contributed by atoms with E-state index in [4.69, 9.17) is 15.2 Å². The molecule has 4 N–H and O–H groups in total. The average Bonchev–Trinajstić information content (AvgIpc) is 2.75. The molecule has 2 aromatic rings. The van der Waals surface area contributed by atoms with Crippen molar-refractivity contribution in [1.29, 1.82) is 0 Å². The van der Waals surface area contributed by atoms with Crippen molar-refractivity contribution in [3.63, 3.8) is 0 Å². The van der Waals surface area contributed by atoms with Gasteiger partial charge in [0.1, 0.15) is 5.82 Å². The van der Waals surface area contributed by atoms with E-state index in [-0.39, 0.29) is 24.6 Å². The van der Waals surface area contributed by atoms with E-state index in [9.17, 15) is 4.79 Å². The lowest BCUT2D eigenvalue weighted by Gasteiger charge is -2.23. The van der Waals surface area contributed by atoms with Crippen molar-refractivity contribution in [2.45, 2.75) is 52.2 Å². The predicted molar refractivity (Wildman–Crippen MR) is 121 cm³/mol. The number of ether oxygens (including phenoxy) is 2. The topological polar surface area (TPSA) is 111 Å². The fourth-order valence-corrected chi connectivity index (χ4v) is 3.52. The molecule has 168 valence electrons. The number of nitrogens with zero attached hydrogens (tertiary/aromatic N) is 2. The van der Waals surface area contributed by atoms with Crippen LogP contribution in [-0.2, 0) is 27.1 Å². The van der Waals surface area contributed by atoms with Crippen LogP contribution in [0.25, 0.3) is 0 Å². The molecule has 1 aromatic heterocycles. The van der Waals surface area contributed by atoms with Crippen LogP contribution >= 0.6 is 0 Å². The molecule has 1 saturated heterocycles. The van der Waals surface area contributed by atoms with E-state index in [1.807, 2.05) is 31.2 Å². The molecule has 8 heteroatoms. The lowest BCUT2D eigenvalue weighted by molar-refractivity contribution is -0.156. The van der Waals surface area contributed by atoms with Crippen LogP contribution in [0.4, 0.5) is 11.8 Å². The largest absolute Gasteiger partial charge is 0.444 e. The molecule has 3 rings (SSSR count). The summed E-state index contributed by atoms with van der Waals surface area (Å²) in [5.74, 6) is 0.819. The molecular formula is C23H33N5O3. The molecule has 31 heavy (non-hydrogen) atoms. The van der Waals surface area contributed by atoms with Gasteiger partial charge in [-0.15, -0.1) is 0 Å². The molecule has 1 fully saturated rings. The first-order valence-corrected chi connectivity index (χ1v) is 11.0. The Balaban J connectivity index is 1.60. The minimum Gasteiger partial charge on any atom is -0.444 e. The molecule has 0 bridgehead atoms. The molecule has 1 atom stereocenters. The van der Waals surface area contributed by atoms with Crippen molar-refractivity contribution in [2.24, 2.45) is 0 Å². The zero-order valence-corrected chi connectivity index (χ0v) is 18.4. The highest BCUT2D eigenvalue weighted by Gasteiger charge is 2.18. The summed E-state index contributed by atoms with van der Waals surface area (Å²) in [5, 5.41) is 6.53. The second-order valence-corrected chi connectivity index (χ2v) is 7.81. The van der Waals surface area contributed by atoms with Crippen LogP contribution in [0.15, 0.2) is 24.3 Å². The minimum absolute atomic E-state index is 0.229. The monoisotopic (exact) mass is 427 g/mol. The highest BCUT2D eigenvalue weighted by atomic mass is 16.6. The first-order chi connectivity index (χ1) is 15.0.